The van der Waals surface area contributed by atoms with Crippen LogP contribution in [0.3, 0.4) is 0 Å². The first kappa shape index (κ1) is 11.8. The van der Waals surface area contributed by atoms with E-state index < -0.39 is 0 Å². The van der Waals surface area contributed by atoms with E-state index in [4.69, 9.17) is 5.26 Å². The molecule has 0 N–H and O–H groups in total. The average molecular weight is 267 g/mol. The molecule has 1 fully saturated rings. The maximum absolute atomic E-state index is 11.9. The van der Waals surface area contributed by atoms with Crippen molar-refractivity contribution in [2.45, 2.75) is 0 Å². The molecule has 1 amide bonds. The zero-order valence-corrected chi connectivity index (χ0v) is 10.7. The first-order valence-corrected chi connectivity index (χ1v) is 6.69. The van der Waals surface area contributed by atoms with Crippen molar-refractivity contribution in [3.63, 3.8) is 0 Å². The Bertz CT molecular complexity index is 733. The number of benzene rings is 2. The summed E-state index contributed by atoms with van der Waals surface area (Å²) >= 11 is 1.29. The summed E-state index contributed by atoms with van der Waals surface area (Å²) in [6.07, 6.45) is 1.74. The monoisotopic (exact) mass is 267 g/mol. The minimum absolute atomic E-state index is 0.0470. The van der Waals surface area contributed by atoms with Crippen molar-refractivity contribution in [2.24, 2.45) is 4.99 Å². The van der Waals surface area contributed by atoms with Crippen molar-refractivity contribution >= 4 is 39.3 Å². The molecule has 1 saturated heterocycles. The van der Waals surface area contributed by atoms with Crippen LogP contribution in [0.4, 0.5) is 5.69 Å². The van der Waals surface area contributed by atoms with E-state index >= 15 is 0 Å². The number of nitriles is 1. The van der Waals surface area contributed by atoms with E-state index in [2.05, 4.69) is 4.99 Å². The third-order valence-electron chi connectivity index (χ3n) is 2.90. The molecule has 0 aromatic heterocycles. The number of aliphatic imine (C=N–C) groups is 1. The number of carbonyl (C=O) groups is 1. The normalized spacial score (nSPS) is 17.1. The molecule has 1 heterocycles. The van der Waals surface area contributed by atoms with Crippen molar-refractivity contribution in [3.8, 4) is 6.19 Å². The van der Waals surface area contributed by atoms with Crippen LogP contribution in [-0.2, 0) is 4.79 Å². The predicted molar refractivity (Wildman–Crippen MR) is 76.9 cm³/mol. The van der Waals surface area contributed by atoms with Gasteiger partial charge in [-0.25, -0.2) is 0 Å². The lowest BCUT2D eigenvalue weighted by atomic mass is 10.1. The third kappa shape index (κ3) is 2.07. The molecular weight excluding hydrogens is 258 g/mol. The van der Waals surface area contributed by atoms with Crippen LogP contribution in [0, 0.1) is 11.5 Å². The lowest BCUT2D eigenvalue weighted by Gasteiger charge is -2.15. The van der Waals surface area contributed by atoms with Crippen LogP contribution in [0.25, 0.3) is 10.8 Å². The first-order valence-electron chi connectivity index (χ1n) is 5.71. The number of nitrogens with zero attached hydrogens (tertiary/aromatic N) is 3. The van der Waals surface area contributed by atoms with Crippen LogP contribution < -0.4 is 4.90 Å². The van der Waals surface area contributed by atoms with Gasteiger partial charge in [0.05, 0.1) is 11.4 Å². The van der Waals surface area contributed by atoms with Crippen LogP contribution in [0.15, 0.2) is 47.5 Å². The number of amidine groups is 1. The van der Waals surface area contributed by atoms with Gasteiger partial charge in [0.25, 0.3) is 0 Å². The van der Waals surface area contributed by atoms with Crippen molar-refractivity contribution in [1.82, 2.24) is 0 Å². The van der Waals surface area contributed by atoms with Crippen molar-refractivity contribution in [2.75, 3.05) is 10.7 Å². The van der Waals surface area contributed by atoms with Crippen LogP contribution >= 0.6 is 11.8 Å². The molecule has 92 valence electrons. The molecule has 0 aliphatic carbocycles. The Balaban J connectivity index is 2.10. The van der Waals surface area contributed by atoms with Crippen molar-refractivity contribution < 1.29 is 4.79 Å². The van der Waals surface area contributed by atoms with Crippen LogP contribution in [0.5, 0.6) is 0 Å². The summed E-state index contributed by atoms with van der Waals surface area (Å²) in [5.74, 6) is 0.280. The molecule has 19 heavy (non-hydrogen) atoms. The summed E-state index contributed by atoms with van der Waals surface area (Å²) < 4.78 is 0. The number of hydrogen-bond acceptors (Lipinski definition) is 4. The molecule has 0 radical (unpaired) electrons. The highest BCUT2D eigenvalue weighted by atomic mass is 32.2. The van der Waals surface area contributed by atoms with Crippen LogP contribution in [0.2, 0.25) is 0 Å². The SMILES string of the molecule is N#CN=C1SCC(=O)N1c1ccc2ccccc2c1. The summed E-state index contributed by atoms with van der Waals surface area (Å²) in [6.45, 7) is 0. The molecule has 0 bridgehead atoms. The van der Waals surface area contributed by atoms with E-state index in [1.54, 1.807) is 6.19 Å². The summed E-state index contributed by atoms with van der Waals surface area (Å²) in [6, 6.07) is 13.7. The zero-order valence-electron chi connectivity index (χ0n) is 9.91. The molecule has 2 aromatic carbocycles. The highest BCUT2D eigenvalue weighted by Gasteiger charge is 2.29. The molecule has 1 aliphatic rings. The van der Waals surface area contributed by atoms with Gasteiger partial charge in [-0.15, -0.1) is 4.99 Å². The standard InChI is InChI=1S/C14H9N3OS/c15-9-16-14-17(13(18)8-19-14)12-6-5-10-3-1-2-4-11(10)7-12/h1-7H,8H2. The number of thioether (sulfide) groups is 1. The quantitative estimate of drug-likeness (QED) is 0.746. The Morgan fingerprint density at radius 1 is 1.21 bits per heavy atom. The zero-order chi connectivity index (χ0) is 13.2. The van der Waals surface area contributed by atoms with E-state index in [1.807, 2.05) is 42.5 Å². The maximum atomic E-state index is 11.9. The van der Waals surface area contributed by atoms with Gasteiger partial charge in [-0.05, 0) is 22.9 Å². The second-order valence-corrected chi connectivity index (χ2v) is 4.99. The van der Waals surface area contributed by atoms with Crippen LogP contribution in [0.1, 0.15) is 0 Å². The fraction of sp³-hybridized carbons (Fsp3) is 0.0714. The van der Waals surface area contributed by atoms with Gasteiger partial charge in [-0.1, -0.05) is 42.1 Å². The summed E-state index contributed by atoms with van der Waals surface area (Å²) in [5.41, 5.74) is 0.753. The van der Waals surface area contributed by atoms with E-state index in [0.717, 1.165) is 16.5 Å². The minimum Gasteiger partial charge on any atom is -0.273 e. The molecule has 0 saturated carbocycles. The highest BCUT2D eigenvalue weighted by molar-refractivity contribution is 8.15. The largest absolute Gasteiger partial charge is 0.273 e. The first-order chi connectivity index (χ1) is 9.29. The molecule has 2 aromatic rings. The van der Waals surface area contributed by atoms with E-state index in [1.165, 1.54) is 16.7 Å². The smallest absolute Gasteiger partial charge is 0.243 e. The average Bonchev–Trinajstić information content (AvgIpc) is 2.80. The number of fused-ring (bicyclic) bond motifs is 1. The van der Waals surface area contributed by atoms with Gasteiger partial charge in [0.2, 0.25) is 12.1 Å². The molecule has 0 unspecified atom stereocenters. The van der Waals surface area contributed by atoms with Crippen LogP contribution in [-0.4, -0.2) is 16.8 Å². The van der Waals surface area contributed by atoms with Gasteiger partial charge in [0, 0.05) is 0 Å². The van der Waals surface area contributed by atoms with Gasteiger partial charge in [-0.3, -0.25) is 9.69 Å². The van der Waals surface area contributed by atoms with E-state index in [9.17, 15) is 4.79 Å². The molecule has 0 atom stereocenters. The van der Waals surface area contributed by atoms with Gasteiger partial charge >= 0.3 is 0 Å². The Morgan fingerprint density at radius 2 is 2.00 bits per heavy atom. The second-order valence-electron chi connectivity index (χ2n) is 4.04. The molecule has 0 spiro atoms. The number of rotatable bonds is 1. The summed E-state index contributed by atoms with van der Waals surface area (Å²) in [7, 11) is 0. The van der Waals surface area contributed by atoms with Gasteiger partial charge in [0.15, 0.2) is 5.17 Å². The highest BCUT2D eigenvalue weighted by Crippen LogP contribution is 2.29. The molecular formula is C14H9N3OS. The Labute approximate surface area is 114 Å². The van der Waals surface area contributed by atoms with Gasteiger partial charge in [0.1, 0.15) is 0 Å². The fourth-order valence-corrected chi connectivity index (χ4v) is 2.88. The maximum Gasteiger partial charge on any atom is 0.243 e. The van der Waals surface area contributed by atoms with E-state index in [-0.39, 0.29) is 5.91 Å². The number of amides is 1. The molecule has 5 heteroatoms. The second kappa shape index (κ2) is 4.75. The predicted octanol–water partition coefficient (Wildman–Crippen LogP) is 2.76. The lowest BCUT2D eigenvalue weighted by molar-refractivity contribution is -0.115. The topological polar surface area (TPSA) is 56.5 Å². The summed E-state index contributed by atoms with van der Waals surface area (Å²) in [4.78, 5) is 17.1. The number of anilines is 1. The Morgan fingerprint density at radius 3 is 2.79 bits per heavy atom. The molecule has 3 rings (SSSR count). The summed E-state index contributed by atoms with van der Waals surface area (Å²) in [5, 5.41) is 11.3. The van der Waals surface area contributed by atoms with Crippen molar-refractivity contribution in [1.29, 1.82) is 5.26 Å². The minimum atomic E-state index is -0.0470. The number of carbonyl (C=O) groups excluding carboxylic acids is 1. The van der Waals surface area contributed by atoms with Gasteiger partial charge < -0.3 is 0 Å². The van der Waals surface area contributed by atoms with Gasteiger partial charge in [-0.2, -0.15) is 5.26 Å². The molecule has 1 aliphatic heterocycles. The third-order valence-corrected chi connectivity index (χ3v) is 3.83. The van der Waals surface area contributed by atoms with Crippen molar-refractivity contribution in [3.05, 3.63) is 42.5 Å². The fourth-order valence-electron chi connectivity index (χ4n) is 2.06. The Hall–Kier alpha value is -2.32. The Kier molecular flexibility index (Phi) is 2.94. The molecule has 4 nitrogen and oxygen atoms in total. The lowest BCUT2D eigenvalue weighted by Crippen LogP contribution is -2.29. The van der Waals surface area contributed by atoms with E-state index in [0.29, 0.717) is 10.9 Å². The number of hydrogen-bond donors (Lipinski definition) is 0.